The van der Waals surface area contributed by atoms with Gasteiger partial charge in [-0.2, -0.15) is 0 Å². The van der Waals surface area contributed by atoms with E-state index in [4.69, 9.17) is 21.1 Å². The summed E-state index contributed by atoms with van der Waals surface area (Å²) < 4.78 is 10.5. The van der Waals surface area contributed by atoms with Gasteiger partial charge in [-0.25, -0.2) is 4.79 Å². The molecule has 0 spiro atoms. The fourth-order valence-corrected chi connectivity index (χ4v) is 2.68. The molecule has 0 atom stereocenters. The number of rotatable bonds is 4. The van der Waals surface area contributed by atoms with Crippen LogP contribution in [0, 0.1) is 0 Å². The number of carbonyl (C=O) groups excluding carboxylic acids is 2. The SMILES string of the molecule is O=C(NCCN1CCCOC1=O)C1=Cc2cc(Cl)ccc2OC1. The number of fused-ring (bicyclic) bond motifs is 1. The molecule has 0 bridgehead atoms. The zero-order valence-electron chi connectivity index (χ0n) is 12.5. The molecule has 1 N–H and O–H groups in total. The van der Waals surface area contributed by atoms with E-state index in [1.165, 1.54) is 0 Å². The van der Waals surface area contributed by atoms with Gasteiger partial charge in [-0.05, 0) is 30.7 Å². The molecule has 122 valence electrons. The maximum absolute atomic E-state index is 12.2. The van der Waals surface area contributed by atoms with Crippen LogP contribution in [0.25, 0.3) is 6.08 Å². The minimum Gasteiger partial charge on any atom is -0.488 e. The van der Waals surface area contributed by atoms with Gasteiger partial charge in [0.05, 0.1) is 12.2 Å². The van der Waals surface area contributed by atoms with Crippen LogP contribution in [0.15, 0.2) is 23.8 Å². The lowest BCUT2D eigenvalue weighted by Crippen LogP contribution is -2.43. The van der Waals surface area contributed by atoms with E-state index in [2.05, 4.69) is 5.32 Å². The molecular weight excluding hydrogens is 320 g/mol. The molecule has 2 amide bonds. The van der Waals surface area contributed by atoms with Crippen molar-refractivity contribution in [3.05, 3.63) is 34.4 Å². The highest BCUT2D eigenvalue weighted by Gasteiger charge is 2.20. The van der Waals surface area contributed by atoms with Crippen molar-refractivity contribution >= 4 is 29.7 Å². The Labute approximate surface area is 139 Å². The van der Waals surface area contributed by atoms with E-state index in [0.29, 0.717) is 42.6 Å². The molecule has 1 saturated heterocycles. The minimum absolute atomic E-state index is 0.207. The first kappa shape index (κ1) is 15.7. The average Bonchev–Trinajstić information content (AvgIpc) is 2.55. The largest absolute Gasteiger partial charge is 0.488 e. The summed E-state index contributed by atoms with van der Waals surface area (Å²) in [6, 6.07) is 5.29. The van der Waals surface area contributed by atoms with Gasteiger partial charge in [-0.3, -0.25) is 4.79 Å². The number of cyclic esters (lactones) is 1. The molecule has 0 saturated carbocycles. The van der Waals surface area contributed by atoms with Crippen molar-refractivity contribution in [3.63, 3.8) is 0 Å². The van der Waals surface area contributed by atoms with E-state index in [-0.39, 0.29) is 18.6 Å². The van der Waals surface area contributed by atoms with Crippen molar-refractivity contribution in [2.45, 2.75) is 6.42 Å². The Bertz CT molecular complexity index is 659. The Hall–Kier alpha value is -2.21. The van der Waals surface area contributed by atoms with Crippen molar-refractivity contribution in [2.24, 2.45) is 0 Å². The molecule has 1 aromatic carbocycles. The zero-order valence-corrected chi connectivity index (χ0v) is 13.3. The molecule has 0 unspecified atom stereocenters. The predicted octanol–water partition coefficient (Wildman–Crippen LogP) is 2.07. The monoisotopic (exact) mass is 336 g/mol. The predicted molar refractivity (Wildman–Crippen MR) is 85.5 cm³/mol. The van der Waals surface area contributed by atoms with Gasteiger partial charge in [0, 0.05) is 30.2 Å². The second kappa shape index (κ2) is 6.91. The van der Waals surface area contributed by atoms with Crippen molar-refractivity contribution in [3.8, 4) is 5.75 Å². The molecule has 0 radical (unpaired) electrons. The number of nitrogens with one attached hydrogen (secondary N) is 1. The van der Waals surface area contributed by atoms with E-state index in [9.17, 15) is 9.59 Å². The van der Waals surface area contributed by atoms with Gasteiger partial charge in [0.15, 0.2) is 0 Å². The third-order valence-electron chi connectivity index (χ3n) is 3.70. The molecule has 3 rings (SSSR count). The first-order valence-corrected chi connectivity index (χ1v) is 7.84. The van der Waals surface area contributed by atoms with E-state index >= 15 is 0 Å². The fourth-order valence-electron chi connectivity index (χ4n) is 2.50. The number of hydrogen-bond acceptors (Lipinski definition) is 4. The summed E-state index contributed by atoms with van der Waals surface area (Å²) in [6.45, 7) is 2.14. The summed E-state index contributed by atoms with van der Waals surface area (Å²) in [4.78, 5) is 25.3. The number of amides is 2. The first-order valence-electron chi connectivity index (χ1n) is 7.46. The fraction of sp³-hybridized carbons (Fsp3) is 0.375. The normalized spacial score (nSPS) is 16.8. The van der Waals surface area contributed by atoms with Gasteiger partial charge >= 0.3 is 6.09 Å². The zero-order chi connectivity index (χ0) is 16.2. The molecule has 2 aliphatic rings. The van der Waals surface area contributed by atoms with Crippen LogP contribution in [0.3, 0.4) is 0 Å². The highest BCUT2D eigenvalue weighted by molar-refractivity contribution is 6.30. The Morgan fingerprint density at radius 2 is 2.22 bits per heavy atom. The third kappa shape index (κ3) is 3.76. The van der Waals surface area contributed by atoms with Gasteiger partial charge in [0.25, 0.3) is 5.91 Å². The van der Waals surface area contributed by atoms with Gasteiger partial charge in [0.1, 0.15) is 12.4 Å². The summed E-state index contributed by atoms with van der Waals surface area (Å²) in [5, 5.41) is 3.39. The summed E-state index contributed by atoms with van der Waals surface area (Å²) in [6.07, 6.45) is 2.26. The lowest BCUT2D eigenvalue weighted by Gasteiger charge is -2.26. The second-order valence-corrected chi connectivity index (χ2v) is 5.79. The van der Waals surface area contributed by atoms with E-state index in [0.717, 1.165) is 12.0 Å². The van der Waals surface area contributed by atoms with Crippen LogP contribution in [0.2, 0.25) is 5.02 Å². The molecule has 6 nitrogen and oxygen atoms in total. The standard InChI is InChI=1S/C16H17ClN2O4/c17-13-2-3-14-11(9-13)8-12(10-23-14)15(20)18-4-6-19-5-1-7-22-16(19)21/h2-3,8-9H,1,4-7,10H2,(H,18,20). The van der Waals surface area contributed by atoms with Crippen LogP contribution in [-0.4, -0.2) is 49.7 Å². The van der Waals surface area contributed by atoms with E-state index < -0.39 is 0 Å². The maximum atomic E-state index is 12.2. The Morgan fingerprint density at radius 3 is 3.04 bits per heavy atom. The number of ether oxygens (including phenoxy) is 2. The second-order valence-electron chi connectivity index (χ2n) is 5.35. The molecule has 1 aromatic rings. The topological polar surface area (TPSA) is 67.9 Å². The van der Waals surface area contributed by atoms with Crippen LogP contribution in [0.1, 0.15) is 12.0 Å². The van der Waals surface area contributed by atoms with Crippen molar-refractivity contribution in [1.82, 2.24) is 10.2 Å². The number of halogens is 1. The Morgan fingerprint density at radius 1 is 1.35 bits per heavy atom. The van der Waals surface area contributed by atoms with E-state index in [1.54, 1.807) is 29.2 Å². The van der Waals surface area contributed by atoms with Crippen molar-refractivity contribution < 1.29 is 19.1 Å². The van der Waals surface area contributed by atoms with Crippen LogP contribution in [-0.2, 0) is 9.53 Å². The van der Waals surface area contributed by atoms with Crippen molar-refractivity contribution in [2.75, 3.05) is 32.8 Å². The Balaban J connectivity index is 1.55. The number of nitrogens with zero attached hydrogens (tertiary/aromatic N) is 1. The number of carbonyl (C=O) groups is 2. The molecule has 2 heterocycles. The summed E-state index contributed by atoms with van der Waals surface area (Å²) >= 11 is 5.95. The molecule has 1 fully saturated rings. The molecule has 0 aliphatic carbocycles. The van der Waals surface area contributed by atoms with Crippen LogP contribution < -0.4 is 10.1 Å². The summed E-state index contributed by atoms with van der Waals surface area (Å²) in [7, 11) is 0. The van der Waals surface area contributed by atoms with Crippen molar-refractivity contribution in [1.29, 1.82) is 0 Å². The third-order valence-corrected chi connectivity index (χ3v) is 3.93. The van der Waals surface area contributed by atoms with Crippen LogP contribution >= 0.6 is 11.6 Å². The average molecular weight is 337 g/mol. The summed E-state index contributed by atoms with van der Waals surface area (Å²) in [5.41, 5.74) is 1.31. The van der Waals surface area contributed by atoms with Gasteiger partial charge in [0.2, 0.25) is 0 Å². The lowest BCUT2D eigenvalue weighted by atomic mass is 10.1. The summed E-state index contributed by atoms with van der Waals surface area (Å²) in [5.74, 6) is 0.503. The molecule has 0 aromatic heterocycles. The smallest absolute Gasteiger partial charge is 0.409 e. The van der Waals surface area contributed by atoms with Crippen LogP contribution in [0.4, 0.5) is 4.79 Å². The molecule has 2 aliphatic heterocycles. The Kier molecular flexibility index (Phi) is 4.71. The number of benzene rings is 1. The van der Waals surface area contributed by atoms with Crippen LogP contribution in [0.5, 0.6) is 5.75 Å². The lowest BCUT2D eigenvalue weighted by molar-refractivity contribution is -0.117. The van der Waals surface area contributed by atoms with E-state index in [1.807, 2.05) is 0 Å². The molecule has 23 heavy (non-hydrogen) atoms. The highest BCUT2D eigenvalue weighted by Crippen LogP contribution is 2.28. The molecule has 7 heteroatoms. The quantitative estimate of drug-likeness (QED) is 0.914. The van der Waals surface area contributed by atoms with Gasteiger partial charge in [-0.1, -0.05) is 11.6 Å². The highest BCUT2D eigenvalue weighted by atomic mass is 35.5. The van der Waals surface area contributed by atoms with Gasteiger partial charge < -0.3 is 19.7 Å². The first-order chi connectivity index (χ1) is 11.1. The molecular formula is C16H17ClN2O4. The van der Waals surface area contributed by atoms with Gasteiger partial charge in [-0.15, -0.1) is 0 Å². The minimum atomic E-state index is -0.325. The maximum Gasteiger partial charge on any atom is 0.409 e. The number of hydrogen-bond donors (Lipinski definition) is 1.